The average Bonchev–Trinajstić information content (AvgIpc) is 2.19. The molecule has 2 nitrogen and oxygen atoms in total. The van der Waals surface area contributed by atoms with E-state index in [-0.39, 0.29) is 6.61 Å². The molecule has 14 heavy (non-hydrogen) atoms. The molecule has 78 valence electrons. The maximum atomic E-state index is 9.51. The van der Waals surface area contributed by atoms with Crippen molar-refractivity contribution in [3.05, 3.63) is 29.5 Å². The zero-order valence-corrected chi connectivity index (χ0v) is 13.1. The van der Waals surface area contributed by atoms with Gasteiger partial charge in [0.2, 0.25) is 0 Å². The standard InChI is InChI=1S/C8H6Br4O2/c9-4-1-3(5(14)2-13)6(10)8(12)7(4)11/h1,5,13-14H,2H2. The maximum absolute atomic E-state index is 9.51. The van der Waals surface area contributed by atoms with Crippen LogP contribution in [0.4, 0.5) is 0 Å². The molecule has 0 heterocycles. The summed E-state index contributed by atoms with van der Waals surface area (Å²) in [5.74, 6) is 0. The van der Waals surface area contributed by atoms with Crippen molar-refractivity contribution in [2.45, 2.75) is 6.10 Å². The minimum atomic E-state index is -0.884. The van der Waals surface area contributed by atoms with E-state index in [4.69, 9.17) is 5.11 Å². The first kappa shape index (κ1) is 13.1. The summed E-state index contributed by atoms with van der Waals surface area (Å²) in [6, 6.07) is 1.75. The molecular formula is C8H6Br4O2. The van der Waals surface area contributed by atoms with Gasteiger partial charge in [0.15, 0.2) is 0 Å². The molecule has 0 radical (unpaired) electrons. The number of rotatable bonds is 2. The third-order valence-electron chi connectivity index (χ3n) is 1.66. The van der Waals surface area contributed by atoms with E-state index in [1.165, 1.54) is 0 Å². The highest BCUT2D eigenvalue weighted by atomic mass is 79.9. The van der Waals surface area contributed by atoms with Crippen molar-refractivity contribution in [1.82, 2.24) is 0 Å². The van der Waals surface area contributed by atoms with Crippen LogP contribution in [0.3, 0.4) is 0 Å². The lowest BCUT2D eigenvalue weighted by molar-refractivity contribution is 0.0949. The fraction of sp³-hybridized carbons (Fsp3) is 0.250. The third-order valence-corrected chi connectivity index (χ3v) is 6.36. The van der Waals surface area contributed by atoms with E-state index >= 15 is 0 Å². The Bertz CT molecular complexity index is 354. The van der Waals surface area contributed by atoms with Crippen molar-refractivity contribution in [3.8, 4) is 0 Å². The van der Waals surface area contributed by atoms with Crippen LogP contribution in [0.1, 0.15) is 11.7 Å². The molecule has 1 atom stereocenters. The van der Waals surface area contributed by atoms with Crippen LogP contribution in [0.2, 0.25) is 0 Å². The van der Waals surface area contributed by atoms with Crippen LogP contribution < -0.4 is 0 Å². The first-order chi connectivity index (χ1) is 6.49. The monoisotopic (exact) mass is 450 g/mol. The van der Waals surface area contributed by atoms with Crippen molar-refractivity contribution in [2.75, 3.05) is 6.61 Å². The molecule has 0 aliphatic rings. The first-order valence-electron chi connectivity index (χ1n) is 3.60. The molecule has 2 N–H and O–H groups in total. The summed E-state index contributed by atoms with van der Waals surface area (Å²) in [6.45, 7) is -0.306. The summed E-state index contributed by atoms with van der Waals surface area (Å²) in [5, 5.41) is 18.4. The topological polar surface area (TPSA) is 40.5 Å². The average molecular weight is 454 g/mol. The third kappa shape index (κ3) is 2.59. The van der Waals surface area contributed by atoms with Crippen LogP contribution in [0.15, 0.2) is 24.0 Å². The highest BCUT2D eigenvalue weighted by Gasteiger charge is 2.16. The van der Waals surface area contributed by atoms with Crippen molar-refractivity contribution in [2.24, 2.45) is 0 Å². The Morgan fingerprint density at radius 2 is 1.64 bits per heavy atom. The Morgan fingerprint density at radius 1 is 1.07 bits per heavy atom. The molecule has 0 bridgehead atoms. The Hall–Kier alpha value is 1.06. The van der Waals surface area contributed by atoms with E-state index in [1.54, 1.807) is 6.07 Å². The lowest BCUT2D eigenvalue weighted by Crippen LogP contribution is -2.04. The summed E-state index contributed by atoms with van der Waals surface area (Å²) in [7, 11) is 0. The molecule has 0 aromatic heterocycles. The van der Waals surface area contributed by atoms with Gasteiger partial charge in [-0.25, -0.2) is 0 Å². The number of hydrogen-bond acceptors (Lipinski definition) is 2. The normalized spacial score (nSPS) is 13.0. The summed E-state index contributed by atoms with van der Waals surface area (Å²) >= 11 is 13.4. The lowest BCUT2D eigenvalue weighted by atomic mass is 10.1. The van der Waals surface area contributed by atoms with Crippen LogP contribution >= 0.6 is 63.7 Å². The fourth-order valence-corrected chi connectivity index (χ4v) is 3.24. The highest BCUT2D eigenvalue weighted by Crippen LogP contribution is 2.40. The molecular weight excluding hydrogens is 448 g/mol. The van der Waals surface area contributed by atoms with E-state index < -0.39 is 6.10 Å². The molecule has 1 rings (SSSR count). The van der Waals surface area contributed by atoms with Gasteiger partial charge in [-0.1, -0.05) is 0 Å². The van der Waals surface area contributed by atoms with E-state index in [0.717, 1.165) is 17.9 Å². The van der Waals surface area contributed by atoms with Gasteiger partial charge in [-0.2, -0.15) is 0 Å². The zero-order chi connectivity index (χ0) is 10.9. The molecule has 0 amide bonds. The number of hydrogen-bond donors (Lipinski definition) is 2. The van der Waals surface area contributed by atoms with Gasteiger partial charge in [0.25, 0.3) is 0 Å². The van der Waals surface area contributed by atoms with Crippen molar-refractivity contribution in [1.29, 1.82) is 0 Å². The molecule has 1 aromatic carbocycles. The molecule has 0 fully saturated rings. The Labute approximate surface area is 115 Å². The molecule has 1 aromatic rings. The van der Waals surface area contributed by atoms with Gasteiger partial charge >= 0.3 is 0 Å². The molecule has 0 aliphatic heterocycles. The summed E-state index contributed by atoms with van der Waals surface area (Å²) in [6.07, 6.45) is -0.884. The van der Waals surface area contributed by atoms with Crippen LogP contribution in [0.5, 0.6) is 0 Å². The first-order valence-corrected chi connectivity index (χ1v) is 6.78. The van der Waals surface area contributed by atoms with Gasteiger partial charge in [-0.3, -0.25) is 0 Å². The minimum Gasteiger partial charge on any atom is -0.393 e. The van der Waals surface area contributed by atoms with Crippen molar-refractivity contribution >= 4 is 63.7 Å². The molecule has 0 saturated carbocycles. The second-order valence-corrected chi connectivity index (χ2v) is 5.82. The van der Waals surface area contributed by atoms with Crippen molar-refractivity contribution in [3.63, 3.8) is 0 Å². The molecule has 1 unspecified atom stereocenters. The van der Waals surface area contributed by atoms with Crippen LogP contribution in [0, 0.1) is 0 Å². The Kier molecular flexibility index (Phi) is 5.07. The van der Waals surface area contributed by atoms with Crippen molar-refractivity contribution < 1.29 is 10.2 Å². The number of aliphatic hydroxyl groups excluding tert-OH is 2. The second-order valence-electron chi connectivity index (χ2n) is 2.59. The van der Waals surface area contributed by atoms with E-state index in [1.807, 2.05) is 0 Å². The van der Waals surface area contributed by atoms with Gasteiger partial charge in [0.05, 0.1) is 6.61 Å². The zero-order valence-electron chi connectivity index (χ0n) is 6.77. The number of halogens is 4. The minimum absolute atomic E-state index is 0.306. The highest BCUT2D eigenvalue weighted by molar-refractivity contribution is 9.15. The molecule has 0 saturated heterocycles. The van der Waals surface area contributed by atoms with Gasteiger partial charge in [-0.15, -0.1) is 0 Å². The predicted molar refractivity (Wildman–Crippen MR) is 69.3 cm³/mol. The number of aliphatic hydroxyl groups is 2. The lowest BCUT2D eigenvalue weighted by Gasteiger charge is -2.13. The second kappa shape index (κ2) is 5.41. The quantitative estimate of drug-likeness (QED) is 0.529. The smallest absolute Gasteiger partial charge is 0.103 e. The summed E-state index contributed by atoms with van der Waals surface area (Å²) in [4.78, 5) is 0. The molecule has 6 heteroatoms. The van der Waals surface area contributed by atoms with Crippen LogP contribution in [-0.4, -0.2) is 16.8 Å². The van der Waals surface area contributed by atoms with E-state index in [9.17, 15) is 5.11 Å². The Balaban J connectivity index is 3.33. The molecule has 0 aliphatic carbocycles. The van der Waals surface area contributed by atoms with Crippen LogP contribution in [-0.2, 0) is 0 Å². The van der Waals surface area contributed by atoms with Crippen LogP contribution in [0.25, 0.3) is 0 Å². The van der Waals surface area contributed by atoms with Gasteiger partial charge in [0.1, 0.15) is 6.10 Å². The van der Waals surface area contributed by atoms with Gasteiger partial charge < -0.3 is 10.2 Å². The summed E-state index contributed by atoms with van der Waals surface area (Å²) < 4.78 is 3.21. The largest absolute Gasteiger partial charge is 0.393 e. The maximum Gasteiger partial charge on any atom is 0.103 e. The SMILES string of the molecule is OCC(O)c1cc(Br)c(Br)c(Br)c1Br. The van der Waals surface area contributed by atoms with Gasteiger partial charge in [-0.05, 0) is 75.3 Å². The van der Waals surface area contributed by atoms with E-state index in [2.05, 4.69) is 63.7 Å². The van der Waals surface area contributed by atoms with E-state index in [0.29, 0.717) is 5.56 Å². The fourth-order valence-electron chi connectivity index (χ4n) is 0.932. The predicted octanol–water partition coefficient (Wildman–Crippen LogP) is 3.76. The summed E-state index contributed by atoms with van der Waals surface area (Å²) in [5.41, 5.74) is 0.634. The Morgan fingerprint density at radius 3 is 2.14 bits per heavy atom. The number of benzene rings is 1. The van der Waals surface area contributed by atoms with Gasteiger partial charge in [0, 0.05) is 17.9 Å². The molecule has 0 spiro atoms.